The minimum atomic E-state index is 0.0955. The first-order valence-electron chi connectivity index (χ1n) is 14.0. The lowest BCUT2D eigenvalue weighted by molar-refractivity contribution is -0.137. The molecule has 1 amide bonds. The lowest BCUT2D eigenvalue weighted by Gasteiger charge is -2.33. The van der Waals surface area contributed by atoms with Crippen LogP contribution in [0, 0.1) is 5.92 Å². The quantitative estimate of drug-likeness (QED) is 0.482. The van der Waals surface area contributed by atoms with Crippen LogP contribution in [0.3, 0.4) is 0 Å². The van der Waals surface area contributed by atoms with Crippen LogP contribution in [0.15, 0.2) is 48.5 Å². The second kappa shape index (κ2) is 11.6. The van der Waals surface area contributed by atoms with Crippen LogP contribution in [-0.2, 0) is 11.3 Å². The number of hydrogen-bond donors (Lipinski definition) is 1. The van der Waals surface area contributed by atoms with Gasteiger partial charge in [-0.3, -0.25) is 4.79 Å². The van der Waals surface area contributed by atoms with Crippen molar-refractivity contribution in [3.63, 3.8) is 0 Å². The predicted octanol–water partition coefficient (Wildman–Crippen LogP) is 6.76. The Balaban J connectivity index is 1.34. The third kappa shape index (κ3) is 5.58. The Kier molecular flexibility index (Phi) is 8.08. The summed E-state index contributed by atoms with van der Waals surface area (Å²) in [6, 6.07) is 17.8. The first kappa shape index (κ1) is 24.4. The van der Waals surface area contributed by atoms with E-state index in [0.717, 1.165) is 38.1 Å². The maximum atomic E-state index is 13.6. The Morgan fingerprint density at radius 2 is 1.60 bits per heavy atom. The molecule has 0 spiro atoms. The highest BCUT2D eigenvalue weighted by Gasteiger charge is 2.40. The van der Waals surface area contributed by atoms with E-state index < -0.39 is 0 Å². The molecule has 1 aliphatic heterocycles. The van der Waals surface area contributed by atoms with E-state index in [1.165, 1.54) is 68.1 Å². The average molecular weight is 475 g/mol. The van der Waals surface area contributed by atoms with Crippen molar-refractivity contribution in [2.45, 2.75) is 95.2 Å². The number of benzene rings is 2. The molecule has 4 nitrogen and oxygen atoms in total. The fourth-order valence-electron chi connectivity index (χ4n) is 6.77. The van der Waals surface area contributed by atoms with E-state index in [1.807, 2.05) is 0 Å². The van der Waals surface area contributed by atoms with Crippen molar-refractivity contribution in [2.75, 3.05) is 13.7 Å². The maximum Gasteiger partial charge on any atom is 0.226 e. The van der Waals surface area contributed by atoms with Crippen LogP contribution in [0.2, 0.25) is 0 Å². The summed E-state index contributed by atoms with van der Waals surface area (Å²) in [6.45, 7) is 1.61. The number of likely N-dealkylation sites (tertiary alicyclic amines) is 1. The molecule has 0 radical (unpaired) electrons. The molecule has 5 rings (SSSR count). The number of methoxy groups -OCH3 is 1. The smallest absolute Gasteiger partial charge is 0.226 e. The Morgan fingerprint density at radius 3 is 2.31 bits per heavy atom. The Bertz CT molecular complexity index is 963. The predicted molar refractivity (Wildman–Crippen MR) is 142 cm³/mol. The van der Waals surface area contributed by atoms with Gasteiger partial charge in [-0.2, -0.15) is 0 Å². The zero-order valence-electron chi connectivity index (χ0n) is 21.4. The molecule has 2 saturated carbocycles. The first-order valence-corrected chi connectivity index (χ1v) is 14.0. The van der Waals surface area contributed by atoms with Crippen LogP contribution in [0.1, 0.15) is 99.3 Å². The second-order valence-electron chi connectivity index (χ2n) is 10.9. The molecule has 2 aromatic rings. The van der Waals surface area contributed by atoms with E-state index in [4.69, 9.17) is 4.74 Å². The molecule has 3 fully saturated rings. The monoisotopic (exact) mass is 474 g/mol. The van der Waals surface area contributed by atoms with Crippen molar-refractivity contribution in [3.8, 4) is 5.75 Å². The van der Waals surface area contributed by atoms with Crippen molar-refractivity contribution in [3.05, 3.63) is 65.2 Å². The number of nitrogens with one attached hydrogen (secondary N) is 1. The fraction of sp³-hybridized carbons (Fsp3) is 0.581. The third-order valence-electron chi connectivity index (χ3n) is 8.71. The molecule has 2 unspecified atom stereocenters. The van der Waals surface area contributed by atoms with E-state index in [2.05, 4.69) is 58.7 Å². The molecule has 1 N–H and O–H groups in total. The van der Waals surface area contributed by atoms with Crippen LogP contribution >= 0.6 is 0 Å². The molecule has 2 aliphatic carbocycles. The Hall–Kier alpha value is -2.33. The van der Waals surface area contributed by atoms with E-state index in [-0.39, 0.29) is 18.0 Å². The highest BCUT2D eigenvalue weighted by molar-refractivity contribution is 5.80. The Morgan fingerprint density at radius 1 is 0.886 bits per heavy atom. The van der Waals surface area contributed by atoms with Crippen LogP contribution in [-0.4, -0.2) is 30.5 Å². The summed E-state index contributed by atoms with van der Waals surface area (Å²) in [5.74, 6) is 2.22. The minimum Gasteiger partial charge on any atom is -0.496 e. The van der Waals surface area contributed by atoms with Gasteiger partial charge in [0, 0.05) is 30.6 Å². The molecule has 3 aliphatic rings. The van der Waals surface area contributed by atoms with Gasteiger partial charge in [0.15, 0.2) is 0 Å². The lowest BCUT2D eigenvalue weighted by atomic mass is 9.83. The van der Waals surface area contributed by atoms with Crippen LogP contribution in [0.25, 0.3) is 0 Å². The van der Waals surface area contributed by atoms with Gasteiger partial charge in [-0.1, -0.05) is 81.0 Å². The standard InChI is InChI=1S/C31H42N2O2/c1-35-29-18-17-26(23-11-5-2-6-12-23)21-27(29)22-32-28-19-20-33(30(28)24-13-7-3-8-14-24)31(34)25-15-9-4-10-16-25/h3,7-8,13-14,17-18,21,23,25,28,30,32H,2,4-6,9-12,15-16,19-20,22H2,1H3. The number of rotatable bonds is 7. The van der Waals surface area contributed by atoms with Gasteiger partial charge in [0.05, 0.1) is 13.2 Å². The van der Waals surface area contributed by atoms with E-state index in [9.17, 15) is 4.79 Å². The molecular formula is C31H42N2O2. The largest absolute Gasteiger partial charge is 0.496 e. The fourth-order valence-corrected chi connectivity index (χ4v) is 6.77. The molecular weight excluding hydrogens is 432 g/mol. The van der Waals surface area contributed by atoms with Gasteiger partial charge in [-0.05, 0) is 55.2 Å². The molecule has 188 valence electrons. The lowest BCUT2D eigenvalue weighted by Crippen LogP contribution is -2.41. The van der Waals surface area contributed by atoms with Gasteiger partial charge in [-0.15, -0.1) is 0 Å². The summed E-state index contributed by atoms with van der Waals surface area (Å²) in [4.78, 5) is 15.8. The average Bonchev–Trinajstić information content (AvgIpc) is 3.36. The van der Waals surface area contributed by atoms with Crippen molar-refractivity contribution in [1.82, 2.24) is 10.2 Å². The number of nitrogens with zero attached hydrogens (tertiary/aromatic N) is 1. The zero-order chi connectivity index (χ0) is 24.0. The van der Waals surface area contributed by atoms with E-state index >= 15 is 0 Å². The van der Waals surface area contributed by atoms with Gasteiger partial charge in [0.25, 0.3) is 0 Å². The van der Waals surface area contributed by atoms with Crippen LogP contribution < -0.4 is 10.1 Å². The van der Waals surface area contributed by atoms with Gasteiger partial charge < -0.3 is 15.0 Å². The summed E-state index contributed by atoms with van der Waals surface area (Å²) in [6.07, 6.45) is 13.4. The first-order chi connectivity index (χ1) is 17.2. The van der Waals surface area contributed by atoms with Crippen molar-refractivity contribution in [1.29, 1.82) is 0 Å². The van der Waals surface area contributed by atoms with Crippen molar-refractivity contribution in [2.24, 2.45) is 5.92 Å². The second-order valence-corrected chi connectivity index (χ2v) is 10.9. The van der Waals surface area contributed by atoms with E-state index in [1.54, 1.807) is 7.11 Å². The van der Waals surface area contributed by atoms with E-state index in [0.29, 0.717) is 11.8 Å². The van der Waals surface area contributed by atoms with Crippen LogP contribution in [0.4, 0.5) is 0 Å². The topological polar surface area (TPSA) is 41.6 Å². The molecule has 1 heterocycles. The van der Waals surface area contributed by atoms with Gasteiger partial charge in [0.2, 0.25) is 5.91 Å². The van der Waals surface area contributed by atoms with Crippen LogP contribution in [0.5, 0.6) is 5.75 Å². The molecule has 1 saturated heterocycles. The number of carbonyl (C=O) groups is 1. The van der Waals surface area contributed by atoms with Gasteiger partial charge >= 0.3 is 0 Å². The Labute approximate surface area is 211 Å². The van der Waals surface area contributed by atoms with Gasteiger partial charge in [0.1, 0.15) is 5.75 Å². The third-order valence-corrected chi connectivity index (χ3v) is 8.71. The summed E-state index contributed by atoms with van der Waals surface area (Å²) in [5.41, 5.74) is 3.94. The maximum absolute atomic E-state index is 13.6. The highest BCUT2D eigenvalue weighted by Crippen LogP contribution is 2.38. The minimum absolute atomic E-state index is 0.0955. The summed E-state index contributed by atoms with van der Waals surface area (Å²) in [7, 11) is 1.77. The summed E-state index contributed by atoms with van der Waals surface area (Å²) in [5, 5.41) is 3.87. The highest BCUT2D eigenvalue weighted by atomic mass is 16.5. The number of hydrogen-bond acceptors (Lipinski definition) is 3. The molecule has 0 bridgehead atoms. The number of carbonyl (C=O) groups excluding carboxylic acids is 1. The molecule has 35 heavy (non-hydrogen) atoms. The summed E-state index contributed by atoms with van der Waals surface area (Å²) < 4.78 is 5.75. The van der Waals surface area contributed by atoms with Crippen molar-refractivity contribution >= 4 is 5.91 Å². The number of amides is 1. The molecule has 2 atom stereocenters. The normalized spacial score (nSPS) is 24.0. The molecule has 2 aromatic carbocycles. The SMILES string of the molecule is COc1ccc(C2CCCCC2)cc1CNC1CCN(C(=O)C2CCCCC2)C1c1ccccc1. The van der Waals surface area contributed by atoms with Crippen molar-refractivity contribution < 1.29 is 9.53 Å². The number of ether oxygens (including phenoxy) is 1. The zero-order valence-corrected chi connectivity index (χ0v) is 21.4. The van der Waals surface area contributed by atoms with Gasteiger partial charge in [-0.25, -0.2) is 0 Å². The summed E-state index contributed by atoms with van der Waals surface area (Å²) >= 11 is 0. The molecule has 0 aromatic heterocycles. The molecule has 4 heteroatoms.